The zero-order chi connectivity index (χ0) is 12.4. The van der Waals surface area contributed by atoms with Crippen molar-refractivity contribution in [2.24, 2.45) is 5.16 Å². The summed E-state index contributed by atoms with van der Waals surface area (Å²) in [6.07, 6.45) is 3.33. The van der Waals surface area contributed by atoms with E-state index in [0.717, 1.165) is 20.6 Å². The number of thiazole rings is 1. The number of benzene rings is 1. The van der Waals surface area contributed by atoms with E-state index in [2.05, 4.69) is 10.1 Å². The summed E-state index contributed by atoms with van der Waals surface area (Å²) >= 11 is 3.11. The van der Waals surface area contributed by atoms with Crippen molar-refractivity contribution in [3.8, 4) is 0 Å². The Balaban J connectivity index is 2.05. The van der Waals surface area contributed by atoms with E-state index in [1.807, 2.05) is 46.3 Å². The Morgan fingerprint density at radius 1 is 1.33 bits per heavy atom. The van der Waals surface area contributed by atoms with E-state index in [-0.39, 0.29) is 0 Å². The molecular weight excluding hydrogens is 266 g/mol. The van der Waals surface area contributed by atoms with Gasteiger partial charge in [0.25, 0.3) is 0 Å². The lowest BCUT2D eigenvalue weighted by Crippen LogP contribution is -1.89. The number of hydrogen-bond donors (Lipinski definition) is 1. The first kappa shape index (κ1) is 11.3. The highest BCUT2D eigenvalue weighted by molar-refractivity contribution is 7.99. The van der Waals surface area contributed by atoms with Gasteiger partial charge in [0.05, 0.1) is 6.21 Å². The average Bonchev–Trinajstić information content (AvgIpc) is 2.95. The third-order valence-electron chi connectivity index (χ3n) is 2.40. The van der Waals surface area contributed by atoms with E-state index in [9.17, 15) is 0 Å². The van der Waals surface area contributed by atoms with Crippen molar-refractivity contribution in [1.82, 2.24) is 9.38 Å². The largest absolute Gasteiger partial charge is 0.411 e. The van der Waals surface area contributed by atoms with Crippen molar-refractivity contribution in [3.63, 3.8) is 0 Å². The summed E-state index contributed by atoms with van der Waals surface area (Å²) in [5.41, 5.74) is 0.794. The molecule has 1 N–H and O–H groups in total. The number of rotatable bonds is 3. The number of hydrogen-bond acceptors (Lipinski definition) is 5. The first-order valence-corrected chi connectivity index (χ1v) is 6.94. The van der Waals surface area contributed by atoms with Crippen LogP contribution in [0.25, 0.3) is 4.96 Å². The Labute approximate surface area is 112 Å². The highest BCUT2D eigenvalue weighted by atomic mass is 32.2. The van der Waals surface area contributed by atoms with Crippen molar-refractivity contribution in [3.05, 3.63) is 47.6 Å². The van der Waals surface area contributed by atoms with Gasteiger partial charge in [-0.1, -0.05) is 35.1 Å². The van der Waals surface area contributed by atoms with Crippen LogP contribution in [-0.4, -0.2) is 20.8 Å². The Kier molecular flexibility index (Phi) is 3.04. The molecule has 0 unspecified atom stereocenters. The van der Waals surface area contributed by atoms with Gasteiger partial charge in [-0.15, -0.1) is 11.3 Å². The van der Waals surface area contributed by atoms with Crippen LogP contribution in [0.5, 0.6) is 0 Å². The third-order valence-corrected chi connectivity index (χ3v) is 4.16. The van der Waals surface area contributed by atoms with Gasteiger partial charge in [0.2, 0.25) is 0 Å². The van der Waals surface area contributed by atoms with Gasteiger partial charge in [-0.25, -0.2) is 4.98 Å². The SMILES string of the molecule is O/N=C/c1c(Sc2ccccc2)nc2sccn12. The van der Waals surface area contributed by atoms with Crippen molar-refractivity contribution >= 4 is 34.3 Å². The summed E-state index contributed by atoms with van der Waals surface area (Å²) in [6, 6.07) is 10.0. The average molecular weight is 275 g/mol. The number of aromatic nitrogens is 2. The Bertz CT molecular complexity index is 688. The Hall–Kier alpha value is -1.79. The molecule has 0 aliphatic rings. The number of imidazole rings is 1. The smallest absolute Gasteiger partial charge is 0.195 e. The summed E-state index contributed by atoms with van der Waals surface area (Å²) < 4.78 is 1.91. The fourth-order valence-corrected chi connectivity index (χ4v) is 3.31. The van der Waals surface area contributed by atoms with E-state index >= 15 is 0 Å². The molecule has 3 aromatic rings. The van der Waals surface area contributed by atoms with Crippen LogP contribution in [0.1, 0.15) is 5.69 Å². The van der Waals surface area contributed by atoms with Gasteiger partial charge in [-0.3, -0.25) is 4.40 Å². The van der Waals surface area contributed by atoms with E-state index < -0.39 is 0 Å². The summed E-state index contributed by atoms with van der Waals surface area (Å²) in [5, 5.41) is 14.7. The third kappa shape index (κ3) is 2.00. The molecule has 2 aromatic heterocycles. The van der Waals surface area contributed by atoms with Crippen LogP contribution >= 0.6 is 23.1 Å². The molecule has 0 fully saturated rings. The zero-order valence-corrected chi connectivity index (χ0v) is 10.9. The molecule has 0 spiro atoms. The second-order valence-corrected chi connectivity index (χ2v) is 5.45. The normalized spacial score (nSPS) is 11.6. The maximum atomic E-state index is 8.75. The van der Waals surface area contributed by atoms with Crippen LogP contribution in [0.4, 0.5) is 0 Å². The van der Waals surface area contributed by atoms with Crippen LogP contribution in [0, 0.1) is 0 Å². The molecule has 0 atom stereocenters. The van der Waals surface area contributed by atoms with Crippen LogP contribution in [0.3, 0.4) is 0 Å². The minimum atomic E-state index is 0.794. The van der Waals surface area contributed by atoms with Crippen LogP contribution in [0.15, 0.2) is 57.0 Å². The van der Waals surface area contributed by atoms with Crippen LogP contribution in [-0.2, 0) is 0 Å². The second kappa shape index (κ2) is 4.83. The number of nitrogens with zero attached hydrogens (tertiary/aromatic N) is 3. The molecule has 0 saturated heterocycles. The minimum Gasteiger partial charge on any atom is -0.411 e. The molecule has 0 radical (unpaired) electrons. The van der Waals surface area contributed by atoms with Gasteiger partial charge in [0.15, 0.2) is 4.96 Å². The van der Waals surface area contributed by atoms with Gasteiger partial charge >= 0.3 is 0 Å². The van der Waals surface area contributed by atoms with Gasteiger partial charge in [-0.2, -0.15) is 0 Å². The van der Waals surface area contributed by atoms with Crippen LogP contribution < -0.4 is 0 Å². The summed E-state index contributed by atoms with van der Waals surface area (Å²) in [7, 11) is 0. The molecule has 90 valence electrons. The van der Waals surface area contributed by atoms with Crippen molar-refractivity contribution < 1.29 is 5.21 Å². The second-order valence-electron chi connectivity index (χ2n) is 3.52. The molecule has 1 aromatic carbocycles. The molecule has 0 bridgehead atoms. The molecule has 0 amide bonds. The highest BCUT2D eigenvalue weighted by Gasteiger charge is 2.12. The van der Waals surface area contributed by atoms with E-state index in [4.69, 9.17) is 5.21 Å². The van der Waals surface area contributed by atoms with Gasteiger partial charge in [0.1, 0.15) is 10.7 Å². The fourth-order valence-electron chi connectivity index (χ4n) is 1.63. The topological polar surface area (TPSA) is 49.9 Å². The van der Waals surface area contributed by atoms with Crippen LogP contribution in [0.2, 0.25) is 0 Å². The minimum absolute atomic E-state index is 0.794. The molecule has 18 heavy (non-hydrogen) atoms. The number of oxime groups is 1. The standard InChI is InChI=1S/C12H9N3OS2/c16-13-8-10-11(14-12-15(10)6-7-17-12)18-9-4-2-1-3-5-9/h1-8,16H/b13-8+. The lowest BCUT2D eigenvalue weighted by molar-refractivity contribution is 0.321. The predicted octanol–water partition coefficient (Wildman–Crippen LogP) is 3.36. The van der Waals surface area contributed by atoms with Gasteiger partial charge in [0, 0.05) is 16.5 Å². The molecule has 0 saturated carbocycles. The summed E-state index contributed by atoms with van der Waals surface area (Å²) in [5.74, 6) is 0. The lowest BCUT2D eigenvalue weighted by atomic mass is 10.4. The molecule has 6 heteroatoms. The van der Waals surface area contributed by atoms with Crippen molar-refractivity contribution in [1.29, 1.82) is 0 Å². The van der Waals surface area contributed by atoms with Crippen molar-refractivity contribution in [2.75, 3.05) is 0 Å². The molecule has 0 aliphatic heterocycles. The Morgan fingerprint density at radius 2 is 2.17 bits per heavy atom. The van der Waals surface area contributed by atoms with E-state index in [1.165, 1.54) is 6.21 Å². The van der Waals surface area contributed by atoms with Gasteiger partial charge in [-0.05, 0) is 12.1 Å². The summed E-state index contributed by atoms with van der Waals surface area (Å²) in [4.78, 5) is 6.53. The quantitative estimate of drug-likeness (QED) is 0.453. The number of fused-ring (bicyclic) bond motifs is 1. The maximum absolute atomic E-state index is 8.75. The highest BCUT2D eigenvalue weighted by Crippen LogP contribution is 2.30. The van der Waals surface area contributed by atoms with E-state index in [1.54, 1.807) is 23.1 Å². The molecule has 3 rings (SSSR count). The molecular formula is C12H9N3OS2. The predicted molar refractivity (Wildman–Crippen MR) is 73.0 cm³/mol. The van der Waals surface area contributed by atoms with Crippen molar-refractivity contribution in [2.45, 2.75) is 9.92 Å². The molecule has 4 nitrogen and oxygen atoms in total. The summed E-state index contributed by atoms with van der Waals surface area (Å²) in [6.45, 7) is 0. The Morgan fingerprint density at radius 3 is 2.94 bits per heavy atom. The van der Waals surface area contributed by atoms with E-state index in [0.29, 0.717) is 0 Å². The first-order valence-electron chi connectivity index (χ1n) is 5.24. The van der Waals surface area contributed by atoms with Gasteiger partial charge < -0.3 is 5.21 Å². The monoisotopic (exact) mass is 275 g/mol. The molecule has 0 aliphatic carbocycles. The zero-order valence-electron chi connectivity index (χ0n) is 9.22. The lowest BCUT2D eigenvalue weighted by Gasteiger charge is -1.98. The maximum Gasteiger partial charge on any atom is 0.195 e. The first-order chi connectivity index (χ1) is 8.88. The fraction of sp³-hybridized carbons (Fsp3) is 0. The molecule has 2 heterocycles.